The number of anilines is 1. The van der Waals surface area contributed by atoms with Gasteiger partial charge >= 0.3 is 0 Å². The molecule has 1 atom stereocenters. The Labute approximate surface area is 181 Å². The summed E-state index contributed by atoms with van der Waals surface area (Å²) in [4.78, 5) is 24.5. The van der Waals surface area contributed by atoms with Crippen LogP contribution >= 0.6 is 11.6 Å². The molecule has 2 aromatic carbocycles. The van der Waals surface area contributed by atoms with Gasteiger partial charge in [-0.2, -0.15) is 5.10 Å². The molecule has 0 saturated carbocycles. The van der Waals surface area contributed by atoms with Gasteiger partial charge < -0.3 is 10.6 Å². The lowest BCUT2D eigenvalue weighted by Gasteiger charge is -2.11. The average molecular weight is 425 g/mol. The highest BCUT2D eigenvalue weighted by Crippen LogP contribution is 2.26. The van der Waals surface area contributed by atoms with Crippen LogP contribution in [0.25, 0.3) is 16.9 Å². The normalized spacial score (nSPS) is 11.7. The molecule has 1 aromatic heterocycles. The Morgan fingerprint density at radius 2 is 1.77 bits per heavy atom. The molecule has 0 spiro atoms. The lowest BCUT2D eigenvalue weighted by molar-refractivity contribution is -0.124. The summed E-state index contributed by atoms with van der Waals surface area (Å²) in [5.41, 5.74) is 2.39. The molecular weight excluding hydrogens is 400 g/mol. The number of nitrogens with one attached hydrogen (secondary N) is 2. The Balaban J connectivity index is 1.79. The van der Waals surface area contributed by atoms with Gasteiger partial charge in [-0.25, -0.2) is 4.68 Å². The van der Waals surface area contributed by atoms with Crippen LogP contribution in [0, 0.1) is 0 Å². The first-order chi connectivity index (χ1) is 14.5. The Bertz CT molecular complexity index is 1020. The van der Waals surface area contributed by atoms with Crippen LogP contribution < -0.4 is 10.6 Å². The van der Waals surface area contributed by atoms with Crippen molar-refractivity contribution in [1.82, 2.24) is 15.1 Å². The second-order valence-electron chi connectivity index (χ2n) is 7.10. The van der Waals surface area contributed by atoms with Crippen LogP contribution in [-0.2, 0) is 9.59 Å². The van der Waals surface area contributed by atoms with Crippen LogP contribution in [0.2, 0.25) is 5.02 Å². The maximum absolute atomic E-state index is 12.5. The van der Waals surface area contributed by atoms with Crippen LogP contribution in [0.15, 0.2) is 60.7 Å². The first-order valence-electron chi connectivity index (χ1n) is 9.97. The Hall–Kier alpha value is -3.12. The van der Waals surface area contributed by atoms with Gasteiger partial charge in [0.1, 0.15) is 5.82 Å². The van der Waals surface area contributed by atoms with E-state index in [1.807, 2.05) is 62.4 Å². The van der Waals surface area contributed by atoms with Gasteiger partial charge in [-0.15, -0.1) is 0 Å². The third-order valence-electron chi connectivity index (χ3n) is 4.70. The lowest BCUT2D eigenvalue weighted by Crippen LogP contribution is -2.32. The number of aromatic nitrogens is 2. The van der Waals surface area contributed by atoms with Crippen molar-refractivity contribution in [3.63, 3.8) is 0 Å². The van der Waals surface area contributed by atoms with Gasteiger partial charge in [0.25, 0.3) is 0 Å². The smallest absolute Gasteiger partial charge is 0.226 e. The molecular formula is C23H25ClN4O2. The van der Waals surface area contributed by atoms with Crippen molar-refractivity contribution in [1.29, 1.82) is 0 Å². The molecule has 6 nitrogen and oxygen atoms in total. The quantitative estimate of drug-likeness (QED) is 0.544. The van der Waals surface area contributed by atoms with Crippen molar-refractivity contribution in [2.24, 2.45) is 0 Å². The van der Waals surface area contributed by atoms with E-state index in [4.69, 9.17) is 11.6 Å². The molecule has 30 heavy (non-hydrogen) atoms. The van der Waals surface area contributed by atoms with Crippen molar-refractivity contribution in [3.8, 4) is 16.9 Å². The molecule has 0 aliphatic rings. The number of hydrogen-bond donors (Lipinski definition) is 2. The summed E-state index contributed by atoms with van der Waals surface area (Å²) < 4.78 is 1.64. The fourth-order valence-corrected chi connectivity index (χ4v) is 3.09. The van der Waals surface area contributed by atoms with E-state index in [0.29, 0.717) is 10.8 Å². The van der Waals surface area contributed by atoms with E-state index >= 15 is 0 Å². The first-order valence-corrected chi connectivity index (χ1v) is 10.3. The minimum Gasteiger partial charge on any atom is -0.354 e. The van der Waals surface area contributed by atoms with E-state index in [1.54, 1.807) is 16.8 Å². The molecule has 2 N–H and O–H groups in total. The van der Waals surface area contributed by atoms with Crippen molar-refractivity contribution >= 4 is 29.2 Å². The highest BCUT2D eigenvalue weighted by molar-refractivity contribution is 6.30. The summed E-state index contributed by atoms with van der Waals surface area (Å²) in [7, 11) is 0. The summed E-state index contributed by atoms with van der Waals surface area (Å²) in [6.07, 6.45) is 1.07. The van der Waals surface area contributed by atoms with E-state index in [0.717, 1.165) is 23.4 Å². The Kier molecular flexibility index (Phi) is 7.25. The van der Waals surface area contributed by atoms with Crippen molar-refractivity contribution < 1.29 is 9.59 Å². The fraction of sp³-hybridized carbons (Fsp3) is 0.261. The molecule has 0 radical (unpaired) electrons. The number of carbonyl (C=O) groups excluding carboxylic acids is 2. The standard InChI is InChI=1S/C23H25ClN4O2/c1-3-16(2)25-22(29)12-13-23(30)26-21-15-20(17-8-5-4-6-9-17)27-28(21)19-11-7-10-18(24)14-19/h4-11,14-16H,3,12-13H2,1-2H3,(H,25,29)(H,26,30). The van der Waals surface area contributed by atoms with E-state index in [-0.39, 0.29) is 30.7 Å². The zero-order valence-electron chi connectivity index (χ0n) is 17.1. The van der Waals surface area contributed by atoms with Gasteiger partial charge in [-0.1, -0.05) is 54.9 Å². The van der Waals surface area contributed by atoms with Gasteiger partial charge in [0.2, 0.25) is 11.8 Å². The topological polar surface area (TPSA) is 76.0 Å². The summed E-state index contributed by atoms with van der Waals surface area (Å²) in [6.45, 7) is 3.94. The molecule has 2 amide bonds. The third-order valence-corrected chi connectivity index (χ3v) is 4.93. The van der Waals surface area contributed by atoms with Gasteiger partial charge in [-0.05, 0) is 31.5 Å². The SMILES string of the molecule is CCC(C)NC(=O)CCC(=O)Nc1cc(-c2ccccc2)nn1-c1cccc(Cl)c1. The minimum atomic E-state index is -0.253. The largest absolute Gasteiger partial charge is 0.354 e. The predicted molar refractivity (Wildman–Crippen MR) is 120 cm³/mol. The second-order valence-corrected chi connectivity index (χ2v) is 7.53. The number of rotatable bonds is 8. The average Bonchev–Trinajstić information content (AvgIpc) is 3.16. The first kappa shape index (κ1) is 21.6. The third kappa shape index (κ3) is 5.70. The number of amides is 2. The molecule has 0 bridgehead atoms. The van der Waals surface area contributed by atoms with Crippen LogP contribution in [0.1, 0.15) is 33.1 Å². The van der Waals surface area contributed by atoms with E-state index < -0.39 is 0 Å². The molecule has 0 fully saturated rings. The van der Waals surface area contributed by atoms with E-state index in [2.05, 4.69) is 15.7 Å². The van der Waals surface area contributed by atoms with Gasteiger partial charge in [0.15, 0.2) is 0 Å². The van der Waals surface area contributed by atoms with Crippen LogP contribution in [0.5, 0.6) is 0 Å². The number of carbonyl (C=O) groups is 2. The second kappa shape index (κ2) is 10.1. The molecule has 156 valence electrons. The molecule has 0 saturated heterocycles. The minimum absolute atomic E-state index is 0.0870. The van der Waals surface area contributed by atoms with Gasteiger partial charge in [-0.3, -0.25) is 9.59 Å². The summed E-state index contributed by atoms with van der Waals surface area (Å²) in [5.74, 6) is 0.133. The van der Waals surface area contributed by atoms with Crippen LogP contribution in [0.4, 0.5) is 5.82 Å². The Morgan fingerprint density at radius 1 is 1.03 bits per heavy atom. The fourth-order valence-electron chi connectivity index (χ4n) is 2.91. The molecule has 3 rings (SSSR count). The summed E-state index contributed by atoms with van der Waals surface area (Å²) >= 11 is 6.14. The molecule has 7 heteroatoms. The molecule has 1 heterocycles. The zero-order valence-corrected chi connectivity index (χ0v) is 17.8. The Morgan fingerprint density at radius 3 is 2.47 bits per heavy atom. The van der Waals surface area contributed by atoms with Crippen LogP contribution in [0.3, 0.4) is 0 Å². The van der Waals surface area contributed by atoms with Crippen molar-refractivity contribution in [3.05, 3.63) is 65.7 Å². The maximum atomic E-state index is 12.5. The molecule has 3 aromatic rings. The maximum Gasteiger partial charge on any atom is 0.226 e. The number of halogens is 1. The predicted octanol–water partition coefficient (Wildman–Crippen LogP) is 4.83. The van der Waals surface area contributed by atoms with E-state index in [9.17, 15) is 9.59 Å². The number of benzene rings is 2. The highest BCUT2D eigenvalue weighted by atomic mass is 35.5. The molecule has 0 aliphatic carbocycles. The zero-order chi connectivity index (χ0) is 21.5. The van der Waals surface area contributed by atoms with Crippen LogP contribution in [-0.4, -0.2) is 27.6 Å². The van der Waals surface area contributed by atoms with Crippen molar-refractivity contribution in [2.75, 3.05) is 5.32 Å². The number of hydrogen-bond acceptors (Lipinski definition) is 3. The summed E-state index contributed by atoms with van der Waals surface area (Å²) in [5, 5.41) is 11.0. The number of nitrogens with zero attached hydrogens (tertiary/aromatic N) is 2. The summed E-state index contributed by atoms with van der Waals surface area (Å²) in [6, 6.07) is 18.9. The highest BCUT2D eigenvalue weighted by Gasteiger charge is 2.15. The van der Waals surface area contributed by atoms with Crippen molar-refractivity contribution in [2.45, 2.75) is 39.2 Å². The van der Waals surface area contributed by atoms with Gasteiger partial charge in [0, 0.05) is 35.5 Å². The molecule has 0 aliphatic heterocycles. The molecule has 1 unspecified atom stereocenters. The van der Waals surface area contributed by atoms with E-state index in [1.165, 1.54) is 0 Å². The van der Waals surface area contributed by atoms with Gasteiger partial charge in [0.05, 0.1) is 11.4 Å². The monoisotopic (exact) mass is 424 g/mol. The lowest BCUT2D eigenvalue weighted by atomic mass is 10.1.